The van der Waals surface area contributed by atoms with E-state index < -0.39 is 17.2 Å². The fraction of sp³-hybridized carbons (Fsp3) is 0.364. The van der Waals surface area contributed by atoms with Crippen LogP contribution in [0.1, 0.15) is 35.7 Å². The summed E-state index contributed by atoms with van der Waals surface area (Å²) >= 11 is 0. The third kappa shape index (κ3) is 4.46. The summed E-state index contributed by atoms with van der Waals surface area (Å²) in [5.74, 6) is -1.48. The summed E-state index contributed by atoms with van der Waals surface area (Å²) in [5, 5.41) is 4.75. The summed E-state index contributed by atoms with van der Waals surface area (Å²) < 4.78 is 13.2. The lowest BCUT2D eigenvalue weighted by atomic mass is 9.89. The van der Waals surface area contributed by atoms with Crippen LogP contribution in [-0.4, -0.2) is 42.5 Å². The molecule has 5 nitrogen and oxygen atoms in total. The van der Waals surface area contributed by atoms with Crippen molar-refractivity contribution in [3.05, 3.63) is 59.4 Å². The number of hydrogen-bond acceptors (Lipinski definition) is 4. The Balaban J connectivity index is 1.77. The first-order chi connectivity index (χ1) is 13.3. The van der Waals surface area contributed by atoms with Gasteiger partial charge in [0, 0.05) is 24.2 Å². The van der Waals surface area contributed by atoms with Crippen molar-refractivity contribution in [3.8, 4) is 11.1 Å². The zero-order chi connectivity index (χ0) is 20.3. The Morgan fingerprint density at radius 3 is 2.29 bits per heavy atom. The van der Waals surface area contributed by atoms with Crippen molar-refractivity contribution in [1.29, 1.82) is 0 Å². The van der Waals surface area contributed by atoms with Crippen LogP contribution in [0.2, 0.25) is 0 Å². The normalized spacial score (nSPS) is 16.6. The Labute approximate surface area is 164 Å². The van der Waals surface area contributed by atoms with Gasteiger partial charge < -0.3 is 10.2 Å². The molecule has 0 aliphatic carbocycles. The lowest BCUT2D eigenvalue weighted by molar-refractivity contribution is -0.153. The van der Waals surface area contributed by atoms with Gasteiger partial charge in [-0.3, -0.25) is 9.59 Å². The van der Waals surface area contributed by atoms with Crippen molar-refractivity contribution < 1.29 is 18.8 Å². The van der Waals surface area contributed by atoms with Gasteiger partial charge in [-0.2, -0.15) is 5.06 Å². The lowest BCUT2D eigenvalue weighted by Gasteiger charge is -2.38. The van der Waals surface area contributed by atoms with Crippen LogP contribution in [0.4, 0.5) is 4.39 Å². The van der Waals surface area contributed by atoms with Crippen molar-refractivity contribution in [2.45, 2.75) is 32.2 Å². The molecule has 0 spiro atoms. The number of nitrogens with one attached hydrogen (secondary N) is 1. The first kappa shape index (κ1) is 20.2. The fourth-order valence-electron chi connectivity index (χ4n) is 3.43. The first-order valence-electron chi connectivity index (χ1n) is 9.34. The maximum atomic E-state index is 13.2. The second kappa shape index (κ2) is 8.20. The number of aryl methyl sites for hydroxylation is 1. The van der Waals surface area contributed by atoms with Gasteiger partial charge >= 0.3 is 0 Å². The highest BCUT2D eigenvalue weighted by Crippen LogP contribution is 2.25. The number of piperidine rings is 1. The Morgan fingerprint density at radius 2 is 1.68 bits per heavy atom. The number of benzene rings is 2. The van der Waals surface area contributed by atoms with Gasteiger partial charge in [0.05, 0.1) is 7.11 Å². The highest BCUT2D eigenvalue weighted by molar-refractivity contribution is 6.43. The molecule has 0 saturated carbocycles. The number of hydroxylamine groups is 2. The third-order valence-corrected chi connectivity index (χ3v) is 5.37. The lowest BCUT2D eigenvalue weighted by Crippen LogP contribution is -2.54. The van der Waals surface area contributed by atoms with E-state index >= 15 is 0 Å². The summed E-state index contributed by atoms with van der Waals surface area (Å²) in [6.45, 7) is 5.14. The minimum absolute atomic E-state index is 0.320. The summed E-state index contributed by atoms with van der Waals surface area (Å²) in [6, 6.07) is 11.4. The van der Waals surface area contributed by atoms with Crippen LogP contribution in [0.5, 0.6) is 0 Å². The topological polar surface area (TPSA) is 58.6 Å². The Kier molecular flexibility index (Phi) is 5.91. The number of ketones is 1. The molecule has 6 heteroatoms. The van der Waals surface area contributed by atoms with Crippen molar-refractivity contribution >= 4 is 11.7 Å². The maximum Gasteiger partial charge on any atom is 0.292 e. The minimum Gasteiger partial charge on any atom is -0.344 e. The second-order valence-corrected chi connectivity index (χ2v) is 7.49. The molecule has 28 heavy (non-hydrogen) atoms. The number of amides is 1. The average Bonchev–Trinajstić information content (AvgIpc) is 2.69. The Bertz CT molecular complexity index is 872. The predicted molar refractivity (Wildman–Crippen MR) is 105 cm³/mol. The number of Topliss-reactive ketones (excluding diaryl/α,β-unsaturated/α-hetero) is 1. The van der Waals surface area contributed by atoms with Crippen LogP contribution in [0.25, 0.3) is 11.1 Å². The van der Waals surface area contributed by atoms with Crippen LogP contribution in [0, 0.1) is 12.7 Å². The average molecular weight is 384 g/mol. The summed E-state index contributed by atoms with van der Waals surface area (Å²) in [6.07, 6.45) is 1.41. The fourth-order valence-corrected chi connectivity index (χ4v) is 3.43. The van der Waals surface area contributed by atoms with Crippen molar-refractivity contribution in [3.63, 3.8) is 0 Å². The van der Waals surface area contributed by atoms with Gasteiger partial charge in [-0.15, -0.1) is 0 Å². The monoisotopic (exact) mass is 384 g/mol. The van der Waals surface area contributed by atoms with E-state index in [1.165, 1.54) is 12.1 Å². The molecule has 1 N–H and O–H groups in total. The molecule has 148 valence electrons. The van der Waals surface area contributed by atoms with Crippen LogP contribution >= 0.6 is 0 Å². The molecule has 2 aromatic carbocycles. The molecular weight excluding hydrogens is 359 g/mol. The molecule has 0 unspecified atom stereocenters. The van der Waals surface area contributed by atoms with Gasteiger partial charge in [0.2, 0.25) is 5.78 Å². The van der Waals surface area contributed by atoms with Gasteiger partial charge in [0.1, 0.15) is 5.82 Å². The molecule has 0 aromatic heterocycles. The van der Waals surface area contributed by atoms with Crippen LogP contribution < -0.4 is 5.32 Å². The number of carbonyl (C=O) groups excluding carboxylic acids is 2. The van der Waals surface area contributed by atoms with Crippen molar-refractivity contribution in [2.75, 3.05) is 20.2 Å². The Hall–Kier alpha value is -2.57. The highest BCUT2D eigenvalue weighted by Gasteiger charge is 2.33. The molecule has 0 bridgehead atoms. The minimum atomic E-state index is -0.604. The van der Waals surface area contributed by atoms with E-state index in [1.807, 2.05) is 18.1 Å². The van der Waals surface area contributed by atoms with Crippen molar-refractivity contribution in [1.82, 2.24) is 10.4 Å². The molecule has 3 rings (SSSR count). The number of halogens is 1. The molecule has 1 fully saturated rings. The predicted octanol–water partition coefficient (Wildman–Crippen LogP) is 3.52. The number of carbonyl (C=O) groups is 2. The van der Waals surface area contributed by atoms with E-state index in [0.717, 1.165) is 16.7 Å². The van der Waals surface area contributed by atoms with Crippen LogP contribution in [0.3, 0.4) is 0 Å². The molecule has 1 aliphatic rings. The van der Waals surface area contributed by atoms with Crippen molar-refractivity contribution in [2.24, 2.45) is 0 Å². The van der Waals surface area contributed by atoms with Gasteiger partial charge in [0.15, 0.2) is 0 Å². The first-order valence-corrected chi connectivity index (χ1v) is 9.34. The molecule has 1 heterocycles. The smallest absolute Gasteiger partial charge is 0.292 e. The Morgan fingerprint density at radius 1 is 1.07 bits per heavy atom. The number of rotatable bonds is 5. The van der Waals surface area contributed by atoms with Gasteiger partial charge in [0.25, 0.3) is 5.91 Å². The summed E-state index contributed by atoms with van der Waals surface area (Å²) in [5.41, 5.74) is 2.20. The zero-order valence-corrected chi connectivity index (χ0v) is 16.4. The van der Waals surface area contributed by atoms with E-state index in [2.05, 4.69) is 5.32 Å². The van der Waals surface area contributed by atoms with Crippen LogP contribution in [-0.2, 0) is 9.63 Å². The quantitative estimate of drug-likeness (QED) is 0.633. The molecule has 1 amide bonds. The van der Waals surface area contributed by atoms with E-state index in [0.29, 0.717) is 31.5 Å². The molecule has 0 atom stereocenters. The zero-order valence-electron chi connectivity index (χ0n) is 16.4. The molecule has 1 saturated heterocycles. The molecule has 2 aromatic rings. The number of nitrogens with zero attached hydrogens (tertiary/aromatic N) is 1. The SMILES string of the molecule is CON1CCC(C)(NC(=O)C(=O)c2cc(-c3ccc(F)cc3)ccc2C)CC1. The number of hydrogen-bond donors (Lipinski definition) is 1. The molecule has 0 radical (unpaired) electrons. The van der Waals surface area contributed by atoms with Crippen LogP contribution in [0.15, 0.2) is 42.5 Å². The van der Waals surface area contributed by atoms with Gasteiger partial charge in [-0.25, -0.2) is 4.39 Å². The van der Waals surface area contributed by atoms with Gasteiger partial charge in [-0.1, -0.05) is 24.3 Å². The van der Waals surface area contributed by atoms with E-state index in [-0.39, 0.29) is 5.82 Å². The molecular formula is C22H25FN2O3. The summed E-state index contributed by atoms with van der Waals surface area (Å²) in [4.78, 5) is 30.7. The highest BCUT2D eigenvalue weighted by atomic mass is 19.1. The van der Waals surface area contributed by atoms with Gasteiger partial charge in [-0.05, 0) is 61.6 Å². The molecule has 1 aliphatic heterocycles. The maximum absolute atomic E-state index is 13.2. The third-order valence-electron chi connectivity index (χ3n) is 5.37. The van der Waals surface area contributed by atoms with E-state index in [9.17, 15) is 14.0 Å². The van der Waals surface area contributed by atoms with E-state index in [1.54, 1.807) is 38.3 Å². The standard InChI is InChI=1S/C22H25FN2O3/c1-15-4-5-17(16-6-8-18(23)9-7-16)14-19(15)20(26)21(27)24-22(2)10-12-25(28-3)13-11-22/h4-9,14H,10-13H2,1-3H3,(H,24,27). The van der Waals surface area contributed by atoms with E-state index in [4.69, 9.17) is 4.84 Å². The second-order valence-electron chi connectivity index (χ2n) is 7.49. The largest absolute Gasteiger partial charge is 0.344 e. The summed E-state index contributed by atoms with van der Waals surface area (Å²) in [7, 11) is 1.63.